The highest BCUT2D eigenvalue weighted by Crippen LogP contribution is 2.40. The SMILES string of the molecule is Cc1nc(C2(NC(=O)N(C)c3ccc(F)cc3)CCC2)no1. The predicted octanol–water partition coefficient (Wildman–Crippen LogP) is 2.74. The Hall–Kier alpha value is -2.44. The van der Waals surface area contributed by atoms with Crippen molar-refractivity contribution >= 4 is 11.7 Å². The van der Waals surface area contributed by atoms with Crippen LogP contribution in [0.2, 0.25) is 0 Å². The van der Waals surface area contributed by atoms with Gasteiger partial charge in [-0.3, -0.25) is 4.90 Å². The minimum Gasteiger partial charge on any atom is -0.340 e. The largest absolute Gasteiger partial charge is 0.340 e. The van der Waals surface area contributed by atoms with Crippen LogP contribution >= 0.6 is 0 Å². The predicted molar refractivity (Wildman–Crippen MR) is 77.9 cm³/mol. The number of benzene rings is 1. The number of aromatic nitrogens is 2. The molecule has 0 atom stereocenters. The van der Waals surface area contributed by atoms with Crippen molar-refractivity contribution in [2.24, 2.45) is 0 Å². The van der Waals surface area contributed by atoms with Gasteiger partial charge in [-0.15, -0.1) is 0 Å². The molecular formula is C15H17FN4O2. The van der Waals surface area contributed by atoms with Crippen LogP contribution in [0.4, 0.5) is 14.9 Å². The molecule has 2 amide bonds. The molecule has 7 heteroatoms. The minimum absolute atomic E-state index is 0.284. The first-order chi connectivity index (χ1) is 10.5. The Morgan fingerprint density at radius 2 is 2.05 bits per heavy atom. The number of hydrogen-bond acceptors (Lipinski definition) is 4. The van der Waals surface area contributed by atoms with E-state index in [9.17, 15) is 9.18 Å². The Balaban J connectivity index is 1.76. The molecule has 1 heterocycles. The average molecular weight is 304 g/mol. The maximum absolute atomic E-state index is 13.0. The summed E-state index contributed by atoms with van der Waals surface area (Å²) in [5, 5.41) is 6.92. The van der Waals surface area contributed by atoms with Crippen molar-refractivity contribution < 1.29 is 13.7 Å². The molecule has 1 saturated carbocycles. The summed E-state index contributed by atoms with van der Waals surface area (Å²) in [6.45, 7) is 1.72. The van der Waals surface area contributed by atoms with Gasteiger partial charge in [-0.25, -0.2) is 9.18 Å². The highest BCUT2D eigenvalue weighted by Gasteiger charge is 2.44. The van der Waals surface area contributed by atoms with Crippen LogP contribution in [-0.2, 0) is 5.54 Å². The summed E-state index contributed by atoms with van der Waals surface area (Å²) in [6, 6.07) is 5.47. The van der Waals surface area contributed by atoms with Gasteiger partial charge < -0.3 is 9.84 Å². The van der Waals surface area contributed by atoms with E-state index in [4.69, 9.17) is 4.52 Å². The fraction of sp³-hybridized carbons (Fsp3) is 0.400. The molecular weight excluding hydrogens is 287 g/mol. The molecule has 3 rings (SSSR count). The molecule has 1 aromatic heterocycles. The highest BCUT2D eigenvalue weighted by molar-refractivity contribution is 5.91. The number of hydrogen-bond donors (Lipinski definition) is 1. The maximum atomic E-state index is 13.0. The van der Waals surface area contributed by atoms with Crippen molar-refractivity contribution in [2.45, 2.75) is 31.7 Å². The second kappa shape index (κ2) is 5.40. The molecule has 1 aliphatic carbocycles. The second-order valence-corrected chi connectivity index (χ2v) is 5.54. The summed E-state index contributed by atoms with van der Waals surface area (Å²) in [5.41, 5.74) is 0.0426. The fourth-order valence-corrected chi connectivity index (χ4v) is 2.50. The highest BCUT2D eigenvalue weighted by atomic mass is 19.1. The zero-order valence-corrected chi connectivity index (χ0v) is 12.5. The van der Waals surface area contributed by atoms with Crippen LogP contribution in [0.3, 0.4) is 0 Å². The number of rotatable bonds is 3. The lowest BCUT2D eigenvalue weighted by Crippen LogP contribution is -2.55. The summed E-state index contributed by atoms with van der Waals surface area (Å²) in [5.74, 6) is 0.648. The first-order valence-corrected chi connectivity index (χ1v) is 7.12. The van der Waals surface area contributed by atoms with Gasteiger partial charge >= 0.3 is 6.03 Å². The van der Waals surface area contributed by atoms with Gasteiger partial charge in [-0.2, -0.15) is 4.98 Å². The fourth-order valence-electron chi connectivity index (χ4n) is 2.50. The van der Waals surface area contributed by atoms with Crippen LogP contribution in [0.1, 0.15) is 31.0 Å². The molecule has 116 valence electrons. The molecule has 0 aliphatic heterocycles. The molecule has 0 saturated heterocycles. The van der Waals surface area contributed by atoms with Gasteiger partial charge in [0.15, 0.2) is 5.82 Å². The molecule has 22 heavy (non-hydrogen) atoms. The molecule has 0 bridgehead atoms. The minimum atomic E-state index is -0.566. The first-order valence-electron chi connectivity index (χ1n) is 7.12. The van der Waals surface area contributed by atoms with Crippen molar-refractivity contribution in [3.63, 3.8) is 0 Å². The Morgan fingerprint density at radius 1 is 1.36 bits per heavy atom. The lowest BCUT2D eigenvalue weighted by molar-refractivity contribution is 0.169. The lowest BCUT2D eigenvalue weighted by atomic mass is 9.76. The van der Waals surface area contributed by atoms with Gasteiger partial charge in [0.2, 0.25) is 5.89 Å². The van der Waals surface area contributed by atoms with E-state index in [1.165, 1.54) is 17.0 Å². The van der Waals surface area contributed by atoms with E-state index < -0.39 is 5.54 Å². The van der Waals surface area contributed by atoms with Gasteiger partial charge in [0.25, 0.3) is 0 Å². The normalized spacial score (nSPS) is 16.0. The number of aryl methyl sites for hydroxylation is 1. The van der Waals surface area contributed by atoms with Crippen molar-refractivity contribution in [1.82, 2.24) is 15.5 Å². The van der Waals surface area contributed by atoms with Crippen molar-refractivity contribution in [3.05, 3.63) is 41.8 Å². The van der Waals surface area contributed by atoms with Gasteiger partial charge in [-0.1, -0.05) is 5.16 Å². The Morgan fingerprint density at radius 3 is 2.55 bits per heavy atom. The van der Waals surface area contributed by atoms with E-state index in [-0.39, 0.29) is 11.8 Å². The first kappa shape index (κ1) is 14.5. The number of anilines is 1. The van der Waals surface area contributed by atoms with E-state index in [0.29, 0.717) is 17.4 Å². The number of urea groups is 1. The molecule has 2 aromatic rings. The molecule has 0 spiro atoms. The van der Waals surface area contributed by atoms with Crippen LogP contribution < -0.4 is 10.2 Å². The molecule has 0 radical (unpaired) electrons. The number of carbonyl (C=O) groups excluding carboxylic acids is 1. The van der Waals surface area contributed by atoms with Gasteiger partial charge in [0.05, 0.1) is 0 Å². The number of nitrogens with one attached hydrogen (secondary N) is 1. The smallest absolute Gasteiger partial charge is 0.322 e. The number of halogens is 1. The molecule has 1 fully saturated rings. The third-order valence-electron chi connectivity index (χ3n) is 4.03. The van der Waals surface area contributed by atoms with Gasteiger partial charge in [0.1, 0.15) is 11.4 Å². The van der Waals surface area contributed by atoms with E-state index in [1.807, 2.05) is 0 Å². The third kappa shape index (κ3) is 2.54. The Kier molecular flexibility index (Phi) is 3.56. The Bertz CT molecular complexity index is 679. The zero-order chi connectivity index (χ0) is 15.7. The lowest BCUT2D eigenvalue weighted by Gasteiger charge is -2.40. The monoisotopic (exact) mass is 304 g/mol. The molecule has 0 unspecified atom stereocenters. The van der Waals surface area contributed by atoms with E-state index in [1.54, 1.807) is 26.1 Å². The summed E-state index contributed by atoms with van der Waals surface area (Å²) in [7, 11) is 1.64. The molecule has 1 aliphatic rings. The standard InChI is InChI=1S/C15H17FN4O2/c1-10-17-13(19-22-10)15(8-3-9-15)18-14(21)20(2)12-6-4-11(16)5-7-12/h4-7H,3,8-9H2,1-2H3,(H,18,21). The topological polar surface area (TPSA) is 71.3 Å². The zero-order valence-electron chi connectivity index (χ0n) is 12.5. The summed E-state index contributed by atoms with van der Waals surface area (Å²) < 4.78 is 18.0. The summed E-state index contributed by atoms with van der Waals surface area (Å²) in [4.78, 5) is 18.1. The number of carbonyl (C=O) groups is 1. The number of nitrogens with zero attached hydrogens (tertiary/aromatic N) is 3. The maximum Gasteiger partial charge on any atom is 0.322 e. The number of amides is 2. The van der Waals surface area contributed by atoms with E-state index in [0.717, 1.165) is 19.3 Å². The van der Waals surface area contributed by atoms with Crippen molar-refractivity contribution in [3.8, 4) is 0 Å². The van der Waals surface area contributed by atoms with Crippen LogP contribution in [0.15, 0.2) is 28.8 Å². The molecule has 1 aromatic carbocycles. The van der Waals surface area contributed by atoms with E-state index >= 15 is 0 Å². The third-order valence-corrected chi connectivity index (χ3v) is 4.03. The van der Waals surface area contributed by atoms with E-state index in [2.05, 4.69) is 15.5 Å². The summed E-state index contributed by atoms with van der Waals surface area (Å²) >= 11 is 0. The van der Waals surface area contributed by atoms with Crippen LogP contribution in [-0.4, -0.2) is 23.2 Å². The van der Waals surface area contributed by atoms with Gasteiger partial charge in [-0.05, 0) is 43.5 Å². The average Bonchev–Trinajstić information content (AvgIpc) is 2.89. The molecule has 1 N–H and O–H groups in total. The van der Waals surface area contributed by atoms with Crippen LogP contribution in [0, 0.1) is 12.7 Å². The van der Waals surface area contributed by atoms with Gasteiger partial charge in [0, 0.05) is 19.7 Å². The van der Waals surface area contributed by atoms with Crippen molar-refractivity contribution in [1.29, 1.82) is 0 Å². The second-order valence-electron chi connectivity index (χ2n) is 5.54. The molecule has 6 nitrogen and oxygen atoms in total. The van der Waals surface area contributed by atoms with Crippen LogP contribution in [0.25, 0.3) is 0 Å². The quantitative estimate of drug-likeness (QED) is 0.946. The van der Waals surface area contributed by atoms with Crippen molar-refractivity contribution in [2.75, 3.05) is 11.9 Å². The van der Waals surface area contributed by atoms with Crippen LogP contribution in [0.5, 0.6) is 0 Å². The summed E-state index contributed by atoms with van der Waals surface area (Å²) in [6.07, 6.45) is 2.54. The Labute approximate surface area is 127 Å².